The summed E-state index contributed by atoms with van der Waals surface area (Å²) in [6.45, 7) is 10.1. The fraction of sp³-hybridized carbons (Fsp3) is 0.360. The Bertz CT molecular complexity index is 1230. The van der Waals surface area contributed by atoms with Crippen LogP contribution in [0.2, 0.25) is 0 Å². The van der Waals surface area contributed by atoms with Crippen molar-refractivity contribution < 1.29 is 13.2 Å². The van der Waals surface area contributed by atoms with Crippen molar-refractivity contribution >= 4 is 21.6 Å². The highest BCUT2D eigenvalue weighted by Crippen LogP contribution is 2.24. The highest BCUT2D eigenvalue weighted by atomic mass is 32.2. The summed E-state index contributed by atoms with van der Waals surface area (Å²) in [6.07, 6.45) is 0.820. The van der Waals surface area contributed by atoms with Gasteiger partial charge in [-0.15, -0.1) is 0 Å². The van der Waals surface area contributed by atoms with Crippen LogP contribution in [-0.2, 0) is 21.2 Å². The van der Waals surface area contributed by atoms with E-state index in [9.17, 15) is 13.2 Å². The Morgan fingerprint density at radius 1 is 1.03 bits per heavy atom. The van der Waals surface area contributed by atoms with Gasteiger partial charge >= 0.3 is 0 Å². The zero-order valence-corrected chi connectivity index (χ0v) is 20.7. The van der Waals surface area contributed by atoms with E-state index in [2.05, 4.69) is 10.4 Å². The van der Waals surface area contributed by atoms with Gasteiger partial charge in [-0.25, -0.2) is 13.1 Å². The number of sulfonamides is 1. The molecule has 0 aliphatic carbocycles. The third kappa shape index (κ3) is 5.34. The van der Waals surface area contributed by atoms with Gasteiger partial charge in [0.1, 0.15) is 0 Å². The second-order valence-electron chi connectivity index (χ2n) is 8.01. The van der Waals surface area contributed by atoms with Gasteiger partial charge < -0.3 is 5.32 Å². The van der Waals surface area contributed by atoms with Gasteiger partial charge in [0.05, 0.1) is 16.3 Å². The molecule has 8 heteroatoms. The summed E-state index contributed by atoms with van der Waals surface area (Å²) in [6, 6.07) is 14.9. The minimum Gasteiger partial charge on any atom is -0.326 e. The standard InChI is InChI=1S/C25H32N4O3S/c1-6-28(7-2)33(31,32)24-17-21(14-13-18(24)3)26-25(30)16-15-23-19(4)27-29(20(23)5)22-11-9-8-10-12-22/h8-14,17H,6-7,15-16H2,1-5H3,(H,26,30). The maximum absolute atomic E-state index is 13.0. The molecule has 0 saturated carbocycles. The van der Waals surface area contributed by atoms with Gasteiger partial charge in [0, 0.05) is 30.9 Å². The van der Waals surface area contributed by atoms with Crippen LogP contribution in [0.15, 0.2) is 53.4 Å². The molecule has 0 spiro atoms. The van der Waals surface area contributed by atoms with Crippen LogP contribution in [0.1, 0.15) is 42.8 Å². The molecule has 33 heavy (non-hydrogen) atoms. The first-order valence-electron chi connectivity index (χ1n) is 11.2. The van der Waals surface area contributed by atoms with Crippen LogP contribution in [0.5, 0.6) is 0 Å². The summed E-state index contributed by atoms with van der Waals surface area (Å²) < 4.78 is 29.2. The van der Waals surface area contributed by atoms with E-state index < -0.39 is 10.0 Å². The van der Waals surface area contributed by atoms with Crippen molar-refractivity contribution in [2.24, 2.45) is 0 Å². The number of hydrogen-bond acceptors (Lipinski definition) is 4. The van der Waals surface area contributed by atoms with Gasteiger partial charge in [-0.3, -0.25) is 4.79 Å². The van der Waals surface area contributed by atoms with Crippen LogP contribution in [-0.4, -0.2) is 41.5 Å². The Kier molecular flexibility index (Phi) is 7.71. The van der Waals surface area contributed by atoms with E-state index in [0.717, 1.165) is 22.6 Å². The molecule has 0 atom stereocenters. The van der Waals surface area contributed by atoms with E-state index in [1.54, 1.807) is 25.1 Å². The molecule has 0 aliphatic heterocycles. The van der Waals surface area contributed by atoms with E-state index in [4.69, 9.17) is 0 Å². The molecule has 0 aliphatic rings. The molecule has 1 N–H and O–H groups in total. The molecular weight excluding hydrogens is 436 g/mol. The first-order chi connectivity index (χ1) is 15.7. The second-order valence-corrected chi connectivity index (χ2v) is 9.92. The molecule has 0 bridgehead atoms. The largest absolute Gasteiger partial charge is 0.326 e. The van der Waals surface area contributed by atoms with Crippen molar-refractivity contribution in [1.82, 2.24) is 14.1 Å². The van der Waals surface area contributed by atoms with Crippen LogP contribution in [0.25, 0.3) is 5.69 Å². The summed E-state index contributed by atoms with van der Waals surface area (Å²) in [7, 11) is -3.61. The summed E-state index contributed by atoms with van der Waals surface area (Å²) in [5.41, 5.74) is 5.06. The van der Waals surface area contributed by atoms with Gasteiger partial charge in [0.15, 0.2) is 0 Å². The maximum atomic E-state index is 13.0. The van der Waals surface area contributed by atoms with E-state index in [1.807, 2.05) is 62.7 Å². The van der Waals surface area contributed by atoms with Crippen LogP contribution in [0, 0.1) is 20.8 Å². The lowest BCUT2D eigenvalue weighted by Gasteiger charge is -2.20. The predicted octanol–water partition coefficient (Wildman–Crippen LogP) is 4.40. The predicted molar refractivity (Wildman–Crippen MR) is 131 cm³/mol. The van der Waals surface area contributed by atoms with E-state index in [1.165, 1.54) is 4.31 Å². The Hall–Kier alpha value is -2.97. The van der Waals surface area contributed by atoms with E-state index >= 15 is 0 Å². The molecule has 3 aromatic rings. The minimum absolute atomic E-state index is 0.170. The number of hydrogen-bond donors (Lipinski definition) is 1. The van der Waals surface area contributed by atoms with E-state index in [0.29, 0.717) is 30.8 Å². The maximum Gasteiger partial charge on any atom is 0.243 e. The number of rotatable bonds is 9. The molecule has 0 unspecified atom stereocenters. The zero-order chi connectivity index (χ0) is 24.2. The van der Waals surface area contributed by atoms with Crippen molar-refractivity contribution in [1.29, 1.82) is 0 Å². The Morgan fingerprint density at radius 3 is 2.33 bits per heavy atom. The average Bonchev–Trinajstić information content (AvgIpc) is 3.08. The van der Waals surface area contributed by atoms with Gasteiger partial charge in [-0.05, 0) is 62.6 Å². The first-order valence-corrected chi connectivity index (χ1v) is 12.6. The molecule has 7 nitrogen and oxygen atoms in total. The van der Waals surface area contributed by atoms with Gasteiger partial charge in [0.25, 0.3) is 0 Å². The lowest BCUT2D eigenvalue weighted by molar-refractivity contribution is -0.116. The highest BCUT2D eigenvalue weighted by molar-refractivity contribution is 7.89. The molecule has 0 radical (unpaired) electrons. The molecule has 0 saturated heterocycles. The van der Waals surface area contributed by atoms with Crippen molar-refractivity contribution in [2.75, 3.05) is 18.4 Å². The summed E-state index contributed by atoms with van der Waals surface area (Å²) in [5, 5.41) is 7.49. The number of aryl methyl sites for hydroxylation is 2. The number of nitrogens with zero attached hydrogens (tertiary/aromatic N) is 3. The molecule has 1 heterocycles. The minimum atomic E-state index is -3.61. The summed E-state index contributed by atoms with van der Waals surface area (Å²) in [5.74, 6) is -0.170. The van der Waals surface area contributed by atoms with Crippen molar-refractivity contribution in [3.05, 3.63) is 71.0 Å². The molecule has 1 amide bonds. The van der Waals surface area contributed by atoms with Gasteiger partial charge in [0.2, 0.25) is 15.9 Å². The molecule has 2 aromatic carbocycles. The molecule has 0 fully saturated rings. The van der Waals surface area contributed by atoms with Crippen LogP contribution in [0.3, 0.4) is 0 Å². The molecule has 176 valence electrons. The topological polar surface area (TPSA) is 84.3 Å². The van der Waals surface area contributed by atoms with Gasteiger partial charge in [-0.1, -0.05) is 38.1 Å². The van der Waals surface area contributed by atoms with Crippen LogP contribution >= 0.6 is 0 Å². The number of carbonyl (C=O) groups is 1. The molecule has 1 aromatic heterocycles. The van der Waals surface area contributed by atoms with E-state index in [-0.39, 0.29) is 17.2 Å². The number of para-hydroxylation sites is 1. The summed E-state index contributed by atoms with van der Waals surface area (Å²) >= 11 is 0. The number of anilines is 1. The molecular formula is C25H32N4O3S. The zero-order valence-electron chi connectivity index (χ0n) is 19.9. The van der Waals surface area contributed by atoms with Crippen molar-refractivity contribution in [3.63, 3.8) is 0 Å². The third-order valence-electron chi connectivity index (χ3n) is 5.84. The fourth-order valence-electron chi connectivity index (χ4n) is 3.98. The van der Waals surface area contributed by atoms with Crippen molar-refractivity contribution in [2.45, 2.75) is 52.4 Å². The van der Waals surface area contributed by atoms with Gasteiger partial charge in [-0.2, -0.15) is 9.40 Å². The lowest BCUT2D eigenvalue weighted by Crippen LogP contribution is -2.31. The Balaban J connectivity index is 1.73. The first kappa shape index (κ1) is 24.7. The number of amides is 1. The monoisotopic (exact) mass is 468 g/mol. The fourth-order valence-corrected chi connectivity index (χ4v) is 5.69. The number of nitrogens with one attached hydrogen (secondary N) is 1. The van der Waals surface area contributed by atoms with Crippen LogP contribution < -0.4 is 5.32 Å². The van der Waals surface area contributed by atoms with Crippen LogP contribution in [0.4, 0.5) is 5.69 Å². The average molecular weight is 469 g/mol. The lowest BCUT2D eigenvalue weighted by atomic mass is 10.1. The Morgan fingerprint density at radius 2 is 1.70 bits per heavy atom. The Labute approximate surface area is 196 Å². The number of aromatic nitrogens is 2. The van der Waals surface area contributed by atoms with Crippen molar-refractivity contribution in [3.8, 4) is 5.69 Å². The quantitative estimate of drug-likeness (QED) is 0.504. The smallest absolute Gasteiger partial charge is 0.243 e. The number of carbonyl (C=O) groups excluding carboxylic acids is 1. The third-order valence-corrected chi connectivity index (χ3v) is 8.03. The highest BCUT2D eigenvalue weighted by Gasteiger charge is 2.24. The second kappa shape index (κ2) is 10.3. The normalized spacial score (nSPS) is 11.7. The SMILES string of the molecule is CCN(CC)S(=O)(=O)c1cc(NC(=O)CCc2c(C)nn(-c3ccccc3)c2C)ccc1C. The number of benzene rings is 2. The molecule has 3 rings (SSSR count). The summed E-state index contributed by atoms with van der Waals surface area (Å²) in [4.78, 5) is 12.9.